The van der Waals surface area contributed by atoms with Gasteiger partial charge < -0.3 is 14.9 Å². The molecule has 0 radical (unpaired) electrons. The third kappa shape index (κ3) is 2.48. The summed E-state index contributed by atoms with van der Waals surface area (Å²) in [6.45, 7) is 0. The lowest BCUT2D eigenvalue weighted by molar-refractivity contribution is -0.387. The van der Waals surface area contributed by atoms with Crippen LogP contribution in [0.1, 0.15) is 11.7 Å². The van der Waals surface area contributed by atoms with Gasteiger partial charge in [0.15, 0.2) is 6.10 Å². The van der Waals surface area contributed by atoms with Gasteiger partial charge in [-0.05, 0) is 0 Å². The van der Waals surface area contributed by atoms with Crippen LogP contribution in [0.5, 0.6) is 5.75 Å². The molecule has 1 aromatic carbocycles. The van der Waals surface area contributed by atoms with Crippen LogP contribution in [-0.4, -0.2) is 28.2 Å². The Morgan fingerprint density at radius 1 is 1.59 bits per heavy atom. The van der Waals surface area contributed by atoms with E-state index in [-0.39, 0.29) is 0 Å². The zero-order valence-electron chi connectivity index (χ0n) is 8.58. The summed E-state index contributed by atoms with van der Waals surface area (Å²) < 4.78 is 17.2. The van der Waals surface area contributed by atoms with Crippen molar-refractivity contribution in [1.82, 2.24) is 0 Å². The summed E-state index contributed by atoms with van der Waals surface area (Å²) >= 11 is 0. The fraction of sp³-hybridized carbons (Fsp3) is 0.222. The van der Waals surface area contributed by atoms with Crippen molar-refractivity contribution in [3.8, 4) is 5.75 Å². The standard InChI is InChI=1S/C9H8FNO6/c1-17-9(14)8(13)4-2-6(11(15)16)5(10)3-7(4)12/h2-3,8,12-13H,1H3. The number of ether oxygens (including phenoxy) is 1. The van der Waals surface area contributed by atoms with Crippen LogP contribution in [0.4, 0.5) is 10.1 Å². The molecule has 7 nitrogen and oxygen atoms in total. The third-order valence-corrected chi connectivity index (χ3v) is 2.01. The molecule has 1 aromatic rings. The van der Waals surface area contributed by atoms with Crippen molar-refractivity contribution < 1.29 is 29.1 Å². The average Bonchev–Trinajstić information content (AvgIpc) is 2.26. The molecule has 92 valence electrons. The van der Waals surface area contributed by atoms with Gasteiger partial charge in [-0.25, -0.2) is 4.79 Å². The van der Waals surface area contributed by atoms with Crippen LogP contribution >= 0.6 is 0 Å². The number of phenolic OH excluding ortho intramolecular Hbond substituents is 1. The van der Waals surface area contributed by atoms with E-state index in [1.807, 2.05) is 0 Å². The number of nitro benzene ring substituents is 1. The lowest BCUT2D eigenvalue weighted by Gasteiger charge is -2.10. The molecule has 0 aliphatic heterocycles. The largest absolute Gasteiger partial charge is 0.507 e. The van der Waals surface area contributed by atoms with Gasteiger partial charge in [0, 0.05) is 17.7 Å². The van der Waals surface area contributed by atoms with E-state index in [1.165, 1.54) is 0 Å². The number of halogens is 1. The number of hydrogen-bond acceptors (Lipinski definition) is 6. The van der Waals surface area contributed by atoms with Crippen LogP contribution in [0.3, 0.4) is 0 Å². The zero-order valence-corrected chi connectivity index (χ0v) is 8.58. The SMILES string of the molecule is COC(=O)C(O)c1cc([N+](=O)[O-])c(F)cc1O. The predicted octanol–water partition coefficient (Wildman–Crippen LogP) is 0.646. The van der Waals surface area contributed by atoms with Crippen molar-refractivity contribution in [2.45, 2.75) is 6.10 Å². The van der Waals surface area contributed by atoms with E-state index >= 15 is 0 Å². The minimum Gasteiger partial charge on any atom is -0.507 e. The zero-order chi connectivity index (χ0) is 13.2. The first-order valence-electron chi connectivity index (χ1n) is 4.31. The number of aliphatic hydroxyl groups is 1. The number of hydrogen-bond donors (Lipinski definition) is 2. The Labute approximate surface area is 94.2 Å². The quantitative estimate of drug-likeness (QED) is 0.459. The molecule has 1 atom stereocenters. The Hall–Kier alpha value is -2.22. The van der Waals surface area contributed by atoms with E-state index < -0.39 is 39.8 Å². The van der Waals surface area contributed by atoms with Crippen LogP contribution in [0.2, 0.25) is 0 Å². The summed E-state index contributed by atoms with van der Waals surface area (Å²) in [6, 6.07) is 1.02. The van der Waals surface area contributed by atoms with Gasteiger partial charge in [-0.15, -0.1) is 0 Å². The molecule has 0 bridgehead atoms. The molecule has 17 heavy (non-hydrogen) atoms. The maximum absolute atomic E-state index is 13.0. The van der Waals surface area contributed by atoms with E-state index in [0.717, 1.165) is 7.11 Å². The summed E-state index contributed by atoms with van der Waals surface area (Å²) in [6.07, 6.45) is -1.92. The third-order valence-electron chi connectivity index (χ3n) is 2.01. The number of methoxy groups -OCH3 is 1. The Balaban J connectivity index is 3.29. The molecule has 0 fully saturated rings. The number of nitro groups is 1. The summed E-state index contributed by atoms with van der Waals surface area (Å²) in [5.74, 6) is -3.17. The molecule has 0 heterocycles. The normalized spacial score (nSPS) is 11.9. The van der Waals surface area contributed by atoms with Crippen LogP contribution in [-0.2, 0) is 9.53 Å². The van der Waals surface area contributed by atoms with Gasteiger partial charge in [0.25, 0.3) is 0 Å². The number of carbonyl (C=O) groups is 1. The number of rotatable bonds is 3. The monoisotopic (exact) mass is 245 g/mol. The van der Waals surface area contributed by atoms with Gasteiger partial charge in [0.2, 0.25) is 5.82 Å². The van der Waals surface area contributed by atoms with Crippen molar-refractivity contribution in [1.29, 1.82) is 0 Å². The highest BCUT2D eigenvalue weighted by Crippen LogP contribution is 2.31. The Morgan fingerprint density at radius 2 is 2.18 bits per heavy atom. The van der Waals surface area contributed by atoms with Gasteiger partial charge in [0.05, 0.1) is 12.0 Å². The second kappa shape index (κ2) is 4.74. The topological polar surface area (TPSA) is 110 Å². The Kier molecular flexibility index (Phi) is 3.59. The van der Waals surface area contributed by atoms with E-state index in [9.17, 15) is 29.5 Å². The number of aliphatic hydroxyl groups excluding tert-OH is 1. The molecule has 2 N–H and O–H groups in total. The van der Waals surface area contributed by atoms with Crippen LogP contribution in [0.15, 0.2) is 12.1 Å². The fourth-order valence-corrected chi connectivity index (χ4v) is 1.17. The second-order valence-corrected chi connectivity index (χ2v) is 3.05. The number of carbonyl (C=O) groups excluding carboxylic acids is 1. The summed E-state index contributed by atoms with van der Waals surface area (Å²) in [5, 5.41) is 29.1. The predicted molar refractivity (Wildman–Crippen MR) is 51.7 cm³/mol. The van der Waals surface area contributed by atoms with E-state index in [0.29, 0.717) is 12.1 Å². The van der Waals surface area contributed by atoms with Gasteiger partial charge in [-0.1, -0.05) is 0 Å². The first-order chi connectivity index (χ1) is 7.88. The van der Waals surface area contributed by atoms with Crippen molar-refractivity contribution >= 4 is 11.7 Å². The number of aromatic hydroxyl groups is 1. The van der Waals surface area contributed by atoms with Crippen LogP contribution < -0.4 is 0 Å². The lowest BCUT2D eigenvalue weighted by atomic mass is 10.1. The van der Waals surface area contributed by atoms with Crippen LogP contribution in [0, 0.1) is 15.9 Å². The number of nitrogens with zero attached hydrogens (tertiary/aromatic N) is 1. The van der Waals surface area contributed by atoms with Gasteiger partial charge in [0.1, 0.15) is 5.75 Å². The highest BCUT2D eigenvalue weighted by Gasteiger charge is 2.26. The van der Waals surface area contributed by atoms with Crippen molar-refractivity contribution in [2.24, 2.45) is 0 Å². The first kappa shape index (κ1) is 12.8. The van der Waals surface area contributed by atoms with Crippen LogP contribution in [0.25, 0.3) is 0 Å². The molecular weight excluding hydrogens is 237 g/mol. The molecule has 0 amide bonds. The molecular formula is C9H8FNO6. The molecule has 1 rings (SSSR count). The van der Waals surface area contributed by atoms with E-state index in [2.05, 4.69) is 4.74 Å². The minimum atomic E-state index is -1.92. The highest BCUT2D eigenvalue weighted by atomic mass is 19.1. The van der Waals surface area contributed by atoms with Crippen molar-refractivity contribution in [3.63, 3.8) is 0 Å². The number of phenols is 1. The lowest BCUT2D eigenvalue weighted by Crippen LogP contribution is -2.14. The first-order valence-corrected chi connectivity index (χ1v) is 4.31. The molecule has 0 saturated heterocycles. The Bertz CT molecular complexity index is 475. The van der Waals surface area contributed by atoms with Gasteiger partial charge >= 0.3 is 11.7 Å². The van der Waals surface area contributed by atoms with Gasteiger partial charge in [-0.2, -0.15) is 4.39 Å². The second-order valence-electron chi connectivity index (χ2n) is 3.05. The maximum Gasteiger partial charge on any atom is 0.339 e. The smallest absolute Gasteiger partial charge is 0.339 e. The molecule has 1 unspecified atom stereocenters. The van der Waals surface area contributed by atoms with Crippen molar-refractivity contribution in [3.05, 3.63) is 33.6 Å². The fourth-order valence-electron chi connectivity index (χ4n) is 1.17. The maximum atomic E-state index is 13.0. The van der Waals surface area contributed by atoms with Gasteiger partial charge in [-0.3, -0.25) is 10.1 Å². The summed E-state index contributed by atoms with van der Waals surface area (Å²) in [7, 11) is 0.987. The Morgan fingerprint density at radius 3 is 2.65 bits per heavy atom. The number of esters is 1. The highest BCUT2D eigenvalue weighted by molar-refractivity contribution is 5.77. The van der Waals surface area contributed by atoms with E-state index in [4.69, 9.17) is 0 Å². The molecule has 0 aliphatic rings. The molecule has 0 spiro atoms. The number of benzene rings is 1. The average molecular weight is 245 g/mol. The molecule has 0 aliphatic carbocycles. The molecule has 0 saturated carbocycles. The summed E-state index contributed by atoms with van der Waals surface area (Å²) in [5.41, 5.74) is -1.45. The molecule has 8 heteroatoms. The minimum absolute atomic E-state index is 0.444. The molecule has 0 aromatic heterocycles. The van der Waals surface area contributed by atoms with Crippen molar-refractivity contribution in [2.75, 3.05) is 7.11 Å². The summed E-state index contributed by atoms with van der Waals surface area (Å²) in [4.78, 5) is 20.4. The van der Waals surface area contributed by atoms with E-state index in [1.54, 1.807) is 0 Å².